The summed E-state index contributed by atoms with van der Waals surface area (Å²) in [5.41, 5.74) is 0. The lowest BCUT2D eigenvalue weighted by Gasteiger charge is -2.32. The fourth-order valence-corrected chi connectivity index (χ4v) is 1.74. The maximum absolute atomic E-state index is 3.71. The van der Waals surface area contributed by atoms with Crippen LogP contribution in [0.15, 0.2) is 0 Å². The average molecular weight is 184 g/mol. The van der Waals surface area contributed by atoms with Crippen LogP contribution in [0.1, 0.15) is 33.6 Å². The first-order chi connectivity index (χ1) is 6.09. The second kappa shape index (κ2) is 4.97. The van der Waals surface area contributed by atoms with Crippen molar-refractivity contribution in [3.05, 3.63) is 0 Å². The quantitative estimate of drug-likeness (QED) is 0.718. The third-order valence-electron chi connectivity index (χ3n) is 3.22. The summed E-state index contributed by atoms with van der Waals surface area (Å²) in [5, 5.41) is 3.71. The molecular formula is C11H24N2. The Kier molecular flexibility index (Phi) is 4.20. The fraction of sp³-hybridized carbons (Fsp3) is 1.00. The van der Waals surface area contributed by atoms with Gasteiger partial charge in [0, 0.05) is 12.1 Å². The Morgan fingerprint density at radius 1 is 1.15 bits per heavy atom. The highest BCUT2D eigenvalue weighted by Gasteiger charge is 2.18. The molecular weight excluding hydrogens is 160 g/mol. The minimum absolute atomic E-state index is 0.661. The second-order valence-electron chi connectivity index (χ2n) is 4.78. The summed E-state index contributed by atoms with van der Waals surface area (Å²) in [5.74, 6) is 0.750. The molecule has 0 aliphatic carbocycles. The Hall–Kier alpha value is -0.0800. The zero-order valence-electron chi connectivity index (χ0n) is 9.51. The summed E-state index contributed by atoms with van der Waals surface area (Å²) in [6.45, 7) is 9.37. The van der Waals surface area contributed by atoms with Crippen LogP contribution in [0.3, 0.4) is 0 Å². The monoisotopic (exact) mass is 184 g/mol. The van der Waals surface area contributed by atoms with Crippen molar-refractivity contribution in [2.45, 2.75) is 45.7 Å². The minimum Gasteiger partial charge on any atom is -0.311 e. The van der Waals surface area contributed by atoms with Gasteiger partial charge in [-0.1, -0.05) is 13.8 Å². The van der Waals surface area contributed by atoms with Crippen LogP contribution in [0.4, 0.5) is 0 Å². The van der Waals surface area contributed by atoms with Crippen molar-refractivity contribution < 1.29 is 0 Å². The molecule has 1 saturated heterocycles. The maximum Gasteiger partial charge on any atom is 0.00939 e. The topological polar surface area (TPSA) is 15.3 Å². The van der Waals surface area contributed by atoms with Crippen molar-refractivity contribution in [3.63, 3.8) is 0 Å². The number of hydrogen-bond acceptors (Lipinski definition) is 2. The lowest BCUT2D eigenvalue weighted by atomic mass is 10.0. The number of piperidine rings is 1. The van der Waals surface area contributed by atoms with Gasteiger partial charge in [-0.25, -0.2) is 0 Å². The van der Waals surface area contributed by atoms with E-state index in [9.17, 15) is 0 Å². The molecule has 1 atom stereocenters. The average Bonchev–Trinajstić information content (AvgIpc) is 2.08. The molecule has 0 radical (unpaired) electrons. The Bertz CT molecular complexity index is 137. The van der Waals surface area contributed by atoms with E-state index in [0.29, 0.717) is 6.04 Å². The van der Waals surface area contributed by atoms with Gasteiger partial charge in [-0.2, -0.15) is 0 Å². The molecule has 0 amide bonds. The first-order valence-electron chi connectivity index (χ1n) is 5.54. The van der Waals surface area contributed by atoms with Crippen LogP contribution in [-0.4, -0.2) is 37.1 Å². The molecule has 1 aliphatic heterocycles. The third-order valence-corrected chi connectivity index (χ3v) is 3.22. The van der Waals surface area contributed by atoms with E-state index in [1.165, 1.54) is 25.9 Å². The first-order valence-corrected chi connectivity index (χ1v) is 5.54. The van der Waals surface area contributed by atoms with E-state index >= 15 is 0 Å². The van der Waals surface area contributed by atoms with E-state index < -0.39 is 0 Å². The standard InChI is InChI=1S/C11H24N2/c1-9(2)10(3)12-11-5-7-13(4)8-6-11/h9-12H,5-8H2,1-4H3/t10-/m0/s1. The summed E-state index contributed by atoms with van der Waals surface area (Å²) in [7, 11) is 2.21. The van der Waals surface area contributed by atoms with E-state index in [2.05, 4.69) is 38.0 Å². The molecule has 13 heavy (non-hydrogen) atoms. The number of hydrogen-bond donors (Lipinski definition) is 1. The molecule has 0 spiro atoms. The molecule has 0 unspecified atom stereocenters. The van der Waals surface area contributed by atoms with Gasteiger partial charge in [0.2, 0.25) is 0 Å². The zero-order valence-corrected chi connectivity index (χ0v) is 9.51. The Labute approximate surface area is 82.7 Å². The largest absolute Gasteiger partial charge is 0.311 e. The van der Waals surface area contributed by atoms with Crippen molar-refractivity contribution in [3.8, 4) is 0 Å². The number of nitrogens with zero attached hydrogens (tertiary/aromatic N) is 1. The van der Waals surface area contributed by atoms with Gasteiger partial charge in [0.15, 0.2) is 0 Å². The number of nitrogens with one attached hydrogen (secondary N) is 1. The zero-order chi connectivity index (χ0) is 9.84. The van der Waals surface area contributed by atoms with Gasteiger partial charge in [-0.05, 0) is 45.8 Å². The van der Waals surface area contributed by atoms with Gasteiger partial charge in [0.25, 0.3) is 0 Å². The van der Waals surface area contributed by atoms with Crippen LogP contribution in [0.2, 0.25) is 0 Å². The van der Waals surface area contributed by atoms with Crippen LogP contribution in [0, 0.1) is 5.92 Å². The normalized spacial score (nSPS) is 23.8. The van der Waals surface area contributed by atoms with Gasteiger partial charge in [-0.15, -0.1) is 0 Å². The molecule has 0 bridgehead atoms. The fourth-order valence-electron chi connectivity index (χ4n) is 1.74. The van der Waals surface area contributed by atoms with Gasteiger partial charge in [0.05, 0.1) is 0 Å². The molecule has 0 aromatic carbocycles. The molecule has 0 aromatic rings. The predicted octanol–water partition coefficient (Wildman–Crippen LogP) is 1.71. The van der Waals surface area contributed by atoms with E-state index in [0.717, 1.165) is 12.0 Å². The summed E-state index contributed by atoms with van der Waals surface area (Å²) < 4.78 is 0. The first kappa shape index (κ1) is 11.0. The minimum atomic E-state index is 0.661. The van der Waals surface area contributed by atoms with Gasteiger partial charge in [0.1, 0.15) is 0 Å². The van der Waals surface area contributed by atoms with Gasteiger partial charge >= 0.3 is 0 Å². The second-order valence-corrected chi connectivity index (χ2v) is 4.78. The van der Waals surface area contributed by atoms with Crippen LogP contribution < -0.4 is 5.32 Å². The molecule has 0 saturated carbocycles. The van der Waals surface area contributed by atoms with Crippen LogP contribution in [0.25, 0.3) is 0 Å². The molecule has 1 N–H and O–H groups in total. The smallest absolute Gasteiger partial charge is 0.00939 e. The van der Waals surface area contributed by atoms with E-state index in [4.69, 9.17) is 0 Å². The van der Waals surface area contributed by atoms with Gasteiger partial charge in [-0.3, -0.25) is 0 Å². The van der Waals surface area contributed by atoms with Crippen molar-refractivity contribution in [1.29, 1.82) is 0 Å². The predicted molar refractivity (Wildman–Crippen MR) is 58.0 cm³/mol. The lowest BCUT2D eigenvalue weighted by molar-refractivity contribution is 0.217. The Balaban J connectivity index is 2.22. The van der Waals surface area contributed by atoms with Crippen molar-refractivity contribution in [1.82, 2.24) is 10.2 Å². The summed E-state index contributed by atoms with van der Waals surface area (Å²) in [6.07, 6.45) is 2.63. The SMILES string of the molecule is CC(C)[C@H](C)NC1CCN(C)CC1. The molecule has 1 rings (SSSR count). The van der Waals surface area contributed by atoms with Crippen LogP contribution in [0.5, 0.6) is 0 Å². The molecule has 1 fully saturated rings. The van der Waals surface area contributed by atoms with Crippen LogP contribution in [-0.2, 0) is 0 Å². The molecule has 1 aliphatic rings. The molecule has 2 nitrogen and oxygen atoms in total. The maximum atomic E-state index is 3.71. The summed E-state index contributed by atoms with van der Waals surface area (Å²) >= 11 is 0. The van der Waals surface area contributed by atoms with Crippen molar-refractivity contribution in [2.24, 2.45) is 5.92 Å². The highest BCUT2D eigenvalue weighted by molar-refractivity contribution is 4.78. The highest BCUT2D eigenvalue weighted by Crippen LogP contribution is 2.11. The molecule has 78 valence electrons. The van der Waals surface area contributed by atoms with E-state index in [-0.39, 0.29) is 0 Å². The lowest BCUT2D eigenvalue weighted by Crippen LogP contribution is -2.45. The summed E-state index contributed by atoms with van der Waals surface area (Å²) in [4.78, 5) is 2.41. The van der Waals surface area contributed by atoms with Crippen molar-refractivity contribution >= 4 is 0 Å². The van der Waals surface area contributed by atoms with Crippen LogP contribution >= 0.6 is 0 Å². The highest BCUT2D eigenvalue weighted by atomic mass is 15.1. The number of rotatable bonds is 3. The molecule has 0 aromatic heterocycles. The third kappa shape index (κ3) is 3.65. The number of likely N-dealkylation sites (tertiary alicyclic amines) is 1. The Morgan fingerprint density at radius 2 is 1.69 bits per heavy atom. The van der Waals surface area contributed by atoms with E-state index in [1.807, 2.05) is 0 Å². The van der Waals surface area contributed by atoms with Gasteiger partial charge < -0.3 is 10.2 Å². The summed E-state index contributed by atoms with van der Waals surface area (Å²) in [6, 6.07) is 1.42. The molecule has 2 heteroatoms. The Morgan fingerprint density at radius 3 is 2.15 bits per heavy atom. The van der Waals surface area contributed by atoms with Crippen molar-refractivity contribution in [2.75, 3.05) is 20.1 Å². The molecule has 1 heterocycles. The van der Waals surface area contributed by atoms with E-state index in [1.54, 1.807) is 0 Å².